The van der Waals surface area contributed by atoms with Crippen LogP contribution in [0.1, 0.15) is 31.1 Å². The van der Waals surface area contributed by atoms with Crippen LogP contribution in [0.5, 0.6) is 11.5 Å². The van der Waals surface area contributed by atoms with Gasteiger partial charge in [-0.2, -0.15) is 0 Å². The Morgan fingerprint density at radius 3 is 2.45 bits per heavy atom. The van der Waals surface area contributed by atoms with E-state index in [-0.39, 0.29) is 24.4 Å². The summed E-state index contributed by atoms with van der Waals surface area (Å²) in [6, 6.07) is 3.80. The Balaban J connectivity index is 2.13. The molecule has 120 valence electrons. The number of benzene rings is 1. The van der Waals surface area contributed by atoms with Crippen LogP contribution in [0.15, 0.2) is 18.2 Å². The van der Waals surface area contributed by atoms with E-state index in [0.717, 1.165) is 0 Å². The summed E-state index contributed by atoms with van der Waals surface area (Å²) in [5, 5.41) is 0. The summed E-state index contributed by atoms with van der Waals surface area (Å²) in [4.78, 5) is 26.2. The number of ketones is 1. The van der Waals surface area contributed by atoms with E-state index in [1.165, 1.54) is 4.90 Å². The van der Waals surface area contributed by atoms with Crippen LogP contribution in [-0.2, 0) is 4.79 Å². The molecule has 1 heterocycles. The predicted octanol–water partition coefficient (Wildman–Crippen LogP) is 1.43. The molecule has 0 spiro atoms. The number of nitrogens with two attached hydrogens (primary N) is 1. The zero-order chi connectivity index (χ0) is 16.4. The Hall–Kier alpha value is -2.08. The third-order valence-electron chi connectivity index (χ3n) is 3.97. The van der Waals surface area contributed by atoms with Gasteiger partial charge in [0.25, 0.3) is 0 Å². The van der Waals surface area contributed by atoms with Crippen molar-refractivity contribution in [3.63, 3.8) is 0 Å². The van der Waals surface area contributed by atoms with Crippen LogP contribution < -0.4 is 15.2 Å². The van der Waals surface area contributed by atoms with Crippen molar-refractivity contribution in [2.75, 3.05) is 13.8 Å². The van der Waals surface area contributed by atoms with Crippen molar-refractivity contribution < 1.29 is 19.1 Å². The van der Waals surface area contributed by atoms with Gasteiger partial charge in [0, 0.05) is 12.6 Å². The van der Waals surface area contributed by atoms with Gasteiger partial charge in [-0.1, -0.05) is 13.8 Å². The Labute approximate surface area is 130 Å². The first-order valence-electron chi connectivity index (χ1n) is 7.29. The molecule has 22 heavy (non-hydrogen) atoms. The summed E-state index contributed by atoms with van der Waals surface area (Å²) < 4.78 is 10.5. The lowest BCUT2D eigenvalue weighted by molar-refractivity contribution is -0.133. The zero-order valence-corrected chi connectivity index (χ0v) is 13.3. The molecule has 0 saturated carbocycles. The Morgan fingerprint density at radius 2 is 1.82 bits per heavy atom. The number of carbonyl (C=O) groups excluding carboxylic acids is 2. The minimum atomic E-state index is -0.614. The van der Waals surface area contributed by atoms with Gasteiger partial charge in [0.15, 0.2) is 17.3 Å². The largest absolute Gasteiger partial charge is 0.454 e. The van der Waals surface area contributed by atoms with Gasteiger partial charge in [0.2, 0.25) is 12.7 Å². The molecule has 0 radical (unpaired) electrons. The van der Waals surface area contributed by atoms with E-state index >= 15 is 0 Å². The molecular formula is C16H22N2O4. The number of hydrogen-bond donors (Lipinski definition) is 1. The molecule has 0 bridgehead atoms. The minimum absolute atomic E-state index is 0.0165. The molecule has 2 unspecified atom stereocenters. The lowest BCUT2D eigenvalue weighted by Gasteiger charge is -2.28. The van der Waals surface area contributed by atoms with E-state index < -0.39 is 12.1 Å². The van der Waals surface area contributed by atoms with Gasteiger partial charge >= 0.3 is 0 Å². The summed E-state index contributed by atoms with van der Waals surface area (Å²) in [6.45, 7) is 5.60. The fraction of sp³-hybridized carbons (Fsp3) is 0.500. The normalized spacial score (nSPS) is 15.5. The average molecular weight is 306 g/mol. The van der Waals surface area contributed by atoms with Crippen LogP contribution >= 0.6 is 0 Å². The molecule has 1 aromatic rings. The second kappa shape index (κ2) is 6.36. The second-order valence-corrected chi connectivity index (χ2v) is 5.83. The first kappa shape index (κ1) is 16.3. The van der Waals surface area contributed by atoms with Crippen LogP contribution in [0, 0.1) is 5.92 Å². The number of carbonyl (C=O) groups is 2. The van der Waals surface area contributed by atoms with Gasteiger partial charge in [-0.3, -0.25) is 9.59 Å². The maximum atomic E-state index is 12.6. The van der Waals surface area contributed by atoms with Crippen LogP contribution in [0.2, 0.25) is 0 Å². The molecule has 1 amide bonds. The fourth-order valence-corrected chi connectivity index (χ4v) is 2.18. The van der Waals surface area contributed by atoms with E-state index in [2.05, 4.69) is 0 Å². The van der Waals surface area contributed by atoms with Crippen LogP contribution in [-0.4, -0.2) is 42.5 Å². The van der Waals surface area contributed by atoms with Gasteiger partial charge < -0.3 is 20.1 Å². The number of nitrogens with zero attached hydrogens (tertiary/aromatic N) is 1. The maximum Gasteiger partial charge on any atom is 0.240 e. The van der Waals surface area contributed by atoms with Gasteiger partial charge in [-0.15, -0.1) is 0 Å². The third kappa shape index (κ3) is 3.06. The molecule has 1 aliphatic heterocycles. The minimum Gasteiger partial charge on any atom is -0.454 e. The molecule has 0 saturated heterocycles. The smallest absolute Gasteiger partial charge is 0.240 e. The topological polar surface area (TPSA) is 81.9 Å². The molecule has 1 aromatic carbocycles. The Kier molecular flexibility index (Phi) is 4.71. The summed E-state index contributed by atoms with van der Waals surface area (Å²) in [5.41, 5.74) is 6.35. The molecular weight excluding hydrogens is 284 g/mol. The van der Waals surface area contributed by atoms with E-state index in [9.17, 15) is 9.59 Å². The highest BCUT2D eigenvalue weighted by Crippen LogP contribution is 2.33. The predicted molar refractivity (Wildman–Crippen MR) is 81.9 cm³/mol. The number of Topliss-reactive ketones (excluding diaryl/α,β-unsaturated/α-hetero) is 1. The fourth-order valence-electron chi connectivity index (χ4n) is 2.18. The molecule has 0 fully saturated rings. The van der Waals surface area contributed by atoms with Gasteiger partial charge in [0.1, 0.15) is 0 Å². The summed E-state index contributed by atoms with van der Waals surface area (Å²) >= 11 is 0. The van der Waals surface area contributed by atoms with Crippen molar-refractivity contribution in [2.45, 2.75) is 32.9 Å². The van der Waals surface area contributed by atoms with E-state index in [1.807, 2.05) is 13.8 Å². The SMILES string of the molecule is CC(C)C(N)C(=O)N(C)C(C)C(=O)c1ccc2c(c1)OCO2. The lowest BCUT2D eigenvalue weighted by Crippen LogP contribution is -2.50. The summed E-state index contributed by atoms with van der Waals surface area (Å²) in [7, 11) is 1.60. The zero-order valence-electron chi connectivity index (χ0n) is 13.3. The highest BCUT2D eigenvalue weighted by molar-refractivity contribution is 6.02. The quantitative estimate of drug-likeness (QED) is 0.832. The molecule has 2 rings (SSSR count). The molecule has 0 aliphatic carbocycles. The highest BCUT2D eigenvalue weighted by atomic mass is 16.7. The average Bonchev–Trinajstić information content (AvgIpc) is 2.98. The van der Waals surface area contributed by atoms with E-state index in [1.54, 1.807) is 32.2 Å². The number of rotatable bonds is 5. The molecule has 6 nitrogen and oxygen atoms in total. The van der Waals surface area contributed by atoms with Crippen LogP contribution in [0.3, 0.4) is 0 Å². The third-order valence-corrected chi connectivity index (χ3v) is 3.97. The molecule has 6 heteroatoms. The standard InChI is InChI=1S/C16H22N2O4/c1-9(2)14(17)16(20)18(4)10(3)15(19)11-5-6-12-13(7-11)22-8-21-12/h5-7,9-10,14H,8,17H2,1-4H3. The maximum absolute atomic E-state index is 12.6. The molecule has 0 aromatic heterocycles. The van der Waals surface area contributed by atoms with Crippen LogP contribution in [0.4, 0.5) is 0 Å². The Bertz CT molecular complexity index is 586. The van der Waals surface area contributed by atoms with Crippen molar-refractivity contribution >= 4 is 11.7 Å². The summed E-state index contributed by atoms with van der Waals surface area (Å²) in [5.74, 6) is 0.783. The summed E-state index contributed by atoms with van der Waals surface area (Å²) in [6.07, 6.45) is 0. The lowest BCUT2D eigenvalue weighted by atomic mass is 10.0. The molecule has 2 N–H and O–H groups in total. The van der Waals surface area contributed by atoms with Gasteiger partial charge in [-0.05, 0) is 31.0 Å². The monoisotopic (exact) mass is 306 g/mol. The van der Waals surface area contributed by atoms with Crippen LogP contribution in [0.25, 0.3) is 0 Å². The van der Waals surface area contributed by atoms with E-state index in [0.29, 0.717) is 17.1 Å². The number of likely N-dealkylation sites (N-methyl/N-ethyl adjacent to an activating group) is 1. The van der Waals surface area contributed by atoms with Crippen molar-refractivity contribution in [2.24, 2.45) is 11.7 Å². The number of fused-ring (bicyclic) bond motifs is 1. The Morgan fingerprint density at radius 1 is 1.18 bits per heavy atom. The number of amides is 1. The molecule has 2 atom stereocenters. The van der Waals surface area contributed by atoms with Crippen molar-refractivity contribution in [3.8, 4) is 11.5 Å². The van der Waals surface area contributed by atoms with E-state index in [4.69, 9.17) is 15.2 Å². The van der Waals surface area contributed by atoms with Crippen molar-refractivity contribution in [1.29, 1.82) is 0 Å². The van der Waals surface area contributed by atoms with Crippen molar-refractivity contribution in [1.82, 2.24) is 4.90 Å². The number of ether oxygens (including phenoxy) is 2. The second-order valence-electron chi connectivity index (χ2n) is 5.83. The van der Waals surface area contributed by atoms with Crippen molar-refractivity contribution in [3.05, 3.63) is 23.8 Å². The van der Waals surface area contributed by atoms with Gasteiger partial charge in [0.05, 0.1) is 12.1 Å². The molecule has 1 aliphatic rings. The highest BCUT2D eigenvalue weighted by Gasteiger charge is 2.29. The van der Waals surface area contributed by atoms with Gasteiger partial charge in [-0.25, -0.2) is 0 Å². The first-order valence-corrected chi connectivity index (χ1v) is 7.29. The first-order chi connectivity index (χ1) is 10.3. The number of hydrogen-bond acceptors (Lipinski definition) is 5.